The van der Waals surface area contributed by atoms with Crippen LogP contribution in [0.15, 0.2) is 286 Å². The molecule has 20 rings (SSSR count). The number of aryl methyl sites for hydroxylation is 1. The van der Waals surface area contributed by atoms with Gasteiger partial charge in [-0.25, -0.2) is 0 Å². The Hall–Kier alpha value is -6.50. The molecule has 1 aromatic carbocycles. The molecule has 0 aliphatic heterocycles. The summed E-state index contributed by atoms with van der Waals surface area (Å²) in [5.74, 6) is 15.9. The molecule has 140 heavy (non-hydrogen) atoms. The first-order valence-electron chi connectivity index (χ1n) is 57.0. The second-order valence-electron chi connectivity index (χ2n) is 52.0. The fourth-order valence-corrected chi connectivity index (χ4v) is 24.5. The van der Waals surface area contributed by atoms with Crippen molar-refractivity contribution >= 4 is 0 Å². The fourth-order valence-electron chi connectivity index (χ4n) is 24.5. The maximum absolute atomic E-state index is 4.19. The maximum Gasteiger partial charge on any atom is -0.0116 e. The van der Waals surface area contributed by atoms with Gasteiger partial charge in [0.1, 0.15) is 0 Å². The van der Waals surface area contributed by atoms with Gasteiger partial charge in [-0.1, -0.05) is 430 Å². The van der Waals surface area contributed by atoms with Crippen molar-refractivity contribution in [1.82, 2.24) is 0 Å². The topological polar surface area (TPSA) is 0 Å². The molecule has 0 heteroatoms. The van der Waals surface area contributed by atoms with Crippen LogP contribution in [0.5, 0.6) is 0 Å². The highest BCUT2D eigenvalue weighted by Crippen LogP contribution is 2.70. The van der Waals surface area contributed by atoms with Crippen LogP contribution in [-0.4, -0.2) is 0 Å². The van der Waals surface area contributed by atoms with E-state index in [1.54, 1.807) is 44.6 Å². The SMILES string of the molecule is C=C(C)C1CC=C(C)CC1.C=C/C(C)=C/CC=C(C)C.C=C1C2CCC(C2)C1(C)C.C=C1C=CC(C(C)C)CC1.C=C1CCC2(C(C)C)CC12.C=C1CCC2CC1C2(C)C.C=CC(=C)CCC=C(C)C.CC1=CC=C(C(C)C)CC1.CC1=CCC(=C(C)C)CC1.CC1=CCC(C(C)C)=CC1.CC1=CCC2(C(C)C)CC12.CC1=CCC2C(C1)C2(C)C.CC1=CCC2CC1C2(C)C.Cc1ccc(C(C)C)cc1. The summed E-state index contributed by atoms with van der Waals surface area (Å²) < 4.78 is 0. The minimum absolute atomic E-state index is 0.475. The number of allylic oxidation sites excluding steroid dienone is 36. The van der Waals surface area contributed by atoms with Gasteiger partial charge in [0.05, 0.1) is 0 Å². The average Bonchev–Trinajstić information content (AvgIpc) is 1.54. The van der Waals surface area contributed by atoms with E-state index in [-0.39, 0.29) is 0 Å². The average molecular weight is 1910 g/mol. The number of hydrogen-bond acceptors (Lipinski definition) is 0. The molecule has 782 valence electrons. The zero-order valence-electron chi connectivity index (χ0n) is 98.8. The molecule has 0 nitrogen and oxygen atoms in total. The molecule has 19 aliphatic rings. The normalized spacial score (nSPS) is 28.3. The summed E-state index contributed by atoms with van der Waals surface area (Å²) >= 11 is 0. The van der Waals surface area contributed by atoms with E-state index in [0.717, 1.165) is 136 Å². The molecular formula is C140H222. The zero-order valence-corrected chi connectivity index (χ0v) is 98.8. The predicted octanol–water partition coefficient (Wildman–Crippen LogP) is 44.6. The van der Waals surface area contributed by atoms with E-state index in [0.29, 0.717) is 27.6 Å². The smallest absolute Gasteiger partial charge is 0.0116 e. The molecule has 14 atom stereocenters. The molecule has 0 aromatic heterocycles. The van der Waals surface area contributed by atoms with Gasteiger partial charge in [0.2, 0.25) is 0 Å². The second kappa shape index (κ2) is 57.6. The van der Waals surface area contributed by atoms with Crippen molar-refractivity contribution in [2.24, 2.45) is 133 Å². The van der Waals surface area contributed by atoms with Gasteiger partial charge in [-0.15, -0.1) is 0 Å². The zero-order chi connectivity index (χ0) is 105. The van der Waals surface area contributed by atoms with E-state index in [9.17, 15) is 0 Å². The van der Waals surface area contributed by atoms with E-state index in [4.69, 9.17) is 0 Å². The van der Waals surface area contributed by atoms with Gasteiger partial charge < -0.3 is 0 Å². The largest absolute Gasteiger partial charge is 0.0998 e. The number of hydrogen-bond donors (Lipinski definition) is 0. The molecule has 0 radical (unpaired) electrons. The molecule has 0 saturated heterocycles. The molecule has 10 fully saturated rings. The Morgan fingerprint density at radius 1 is 0.450 bits per heavy atom. The highest BCUT2D eigenvalue weighted by Gasteiger charge is 2.61. The third kappa shape index (κ3) is 38.4. The van der Waals surface area contributed by atoms with Gasteiger partial charge in [0, 0.05) is 0 Å². The van der Waals surface area contributed by atoms with Crippen LogP contribution >= 0.6 is 0 Å². The third-order valence-corrected chi connectivity index (χ3v) is 37.5. The first-order chi connectivity index (χ1) is 65.3. The van der Waals surface area contributed by atoms with Crippen LogP contribution < -0.4 is 0 Å². The van der Waals surface area contributed by atoms with E-state index in [1.807, 2.05) is 12.2 Å². The standard InChI is InChI=1S/11C10H16.C10H14.2C10H16/c1-7-8-4-5-9(6-8)10(7,2)3;2*1-7-4-5-8-6-9(7)10(8,2)3;1-7-4-5-8-9(6-7)10(8,2)3;2*1-7(2)10-5-4-8(3)9(10)6-10;6*1-8(2)10-6-4-9(3)5-7-10;2*1-5-10(4)8-6-7-9(2)3/h8-9H,1,4-6H2,2-3H3;4,8-9H,5-6H2,1-3H3;8-9H,1,4-6H2,2-3H3;4,8-9H,5-6H2,1-3H3;4,7,9H,5-6H2,1-3H3;7,9H,3-6H2,1-2H3;4H,5-7H2,1-3H3;4,7-8H,5-6H2,1-3H3;4,6,8H,5,7H2,1-3H3;4,6,8,10H,3,5,7H2,1-2H3;4,10H,1,5-7H2,2-3H3;4-8H,1-3H3;5,7-8H,1,6H2,2-4H3;5,7H,1,4,6,8H2,2-3H3/b;;;;;;;;;;;;10-8+;. The van der Waals surface area contributed by atoms with Gasteiger partial charge in [0.15, 0.2) is 0 Å². The molecule has 0 amide bonds. The van der Waals surface area contributed by atoms with Gasteiger partial charge in [-0.3, -0.25) is 0 Å². The summed E-state index contributed by atoms with van der Waals surface area (Å²) in [5.41, 5.74) is 36.4. The minimum atomic E-state index is 0.475. The molecule has 14 unspecified atom stereocenters. The van der Waals surface area contributed by atoms with Crippen molar-refractivity contribution in [2.75, 3.05) is 0 Å². The quantitative estimate of drug-likeness (QED) is 0.129. The van der Waals surface area contributed by atoms with E-state index in [2.05, 4.69) is 411 Å². The summed E-state index contributed by atoms with van der Waals surface area (Å²) in [6.45, 7) is 113. The molecule has 0 heterocycles. The first-order valence-corrected chi connectivity index (χ1v) is 57.0. The van der Waals surface area contributed by atoms with Crippen molar-refractivity contribution in [2.45, 2.75) is 448 Å². The molecule has 10 saturated carbocycles. The van der Waals surface area contributed by atoms with Crippen molar-refractivity contribution in [3.63, 3.8) is 0 Å². The summed E-state index contributed by atoms with van der Waals surface area (Å²) in [6, 6.07) is 8.71. The van der Waals surface area contributed by atoms with E-state index < -0.39 is 0 Å². The summed E-state index contributed by atoms with van der Waals surface area (Å²) in [6.07, 6.45) is 75.2. The van der Waals surface area contributed by atoms with E-state index in [1.165, 1.54) is 246 Å². The fraction of sp³-hybridized carbons (Fsp3) is 0.643. The van der Waals surface area contributed by atoms with Crippen LogP contribution in [0.4, 0.5) is 0 Å². The summed E-state index contributed by atoms with van der Waals surface area (Å²) in [7, 11) is 0. The molecule has 0 spiro atoms. The lowest BCUT2D eigenvalue weighted by Gasteiger charge is -2.57. The van der Waals surface area contributed by atoms with Crippen LogP contribution in [-0.2, 0) is 0 Å². The van der Waals surface area contributed by atoms with Crippen LogP contribution in [0, 0.1) is 140 Å². The van der Waals surface area contributed by atoms with Crippen molar-refractivity contribution < 1.29 is 0 Å². The lowest BCUT2D eigenvalue weighted by atomic mass is 9.47. The van der Waals surface area contributed by atoms with Crippen LogP contribution in [0.1, 0.15) is 452 Å². The van der Waals surface area contributed by atoms with Gasteiger partial charge >= 0.3 is 0 Å². The van der Waals surface area contributed by atoms with Crippen LogP contribution in [0.3, 0.4) is 0 Å². The Kier molecular flexibility index (Phi) is 51.0. The lowest BCUT2D eigenvalue weighted by Crippen LogP contribution is -2.48. The predicted molar refractivity (Wildman–Crippen MR) is 633 cm³/mol. The Bertz CT molecular complexity index is 4670. The summed E-state index contributed by atoms with van der Waals surface area (Å²) in [5, 5.41) is 0. The van der Waals surface area contributed by atoms with Gasteiger partial charge in [-0.05, 0) is 448 Å². The van der Waals surface area contributed by atoms with Gasteiger partial charge in [0.25, 0.3) is 0 Å². The molecule has 19 aliphatic carbocycles. The highest BCUT2D eigenvalue weighted by atomic mass is 14.7. The molecule has 6 bridgehead atoms. The Labute approximate surface area is 871 Å². The highest BCUT2D eigenvalue weighted by molar-refractivity contribution is 5.32. The third-order valence-electron chi connectivity index (χ3n) is 37.5. The maximum atomic E-state index is 4.19. The van der Waals surface area contributed by atoms with Crippen molar-refractivity contribution in [3.05, 3.63) is 297 Å². The monoisotopic (exact) mass is 1900 g/mol. The number of rotatable bonds is 14. The molecular weight excluding hydrogens is 1680 g/mol. The number of benzene rings is 1. The van der Waals surface area contributed by atoms with E-state index >= 15 is 0 Å². The van der Waals surface area contributed by atoms with Crippen molar-refractivity contribution in [3.8, 4) is 0 Å². The second-order valence-corrected chi connectivity index (χ2v) is 52.0. The Morgan fingerprint density at radius 3 is 1.39 bits per heavy atom. The van der Waals surface area contributed by atoms with Crippen molar-refractivity contribution in [1.29, 1.82) is 0 Å². The molecule has 1 aromatic rings. The Balaban J connectivity index is 0.000000266. The van der Waals surface area contributed by atoms with Crippen LogP contribution in [0.25, 0.3) is 0 Å². The number of fused-ring (bicyclic) bond motifs is 8. The van der Waals surface area contributed by atoms with Gasteiger partial charge in [-0.2, -0.15) is 0 Å². The lowest BCUT2D eigenvalue weighted by molar-refractivity contribution is -0.0273. The minimum Gasteiger partial charge on any atom is -0.0998 e. The Morgan fingerprint density at radius 2 is 1.04 bits per heavy atom. The molecule has 0 N–H and O–H groups in total. The van der Waals surface area contributed by atoms with Crippen LogP contribution in [0.2, 0.25) is 0 Å². The first kappa shape index (κ1) is 124. The summed E-state index contributed by atoms with van der Waals surface area (Å²) in [4.78, 5) is 0.